The molecule has 0 atom stereocenters. The van der Waals surface area contributed by atoms with Crippen LogP contribution in [0.5, 0.6) is 5.75 Å². The molecule has 0 aliphatic rings. The van der Waals surface area contributed by atoms with Crippen LogP contribution in [0.1, 0.15) is 10.6 Å². The highest BCUT2D eigenvalue weighted by atomic mass is 16.7. The Morgan fingerprint density at radius 1 is 1.21 bits per heavy atom. The molecule has 1 aromatic carbocycles. The number of benzene rings is 1. The number of amides is 1. The van der Waals surface area contributed by atoms with Crippen molar-refractivity contribution in [3.05, 3.63) is 60.6 Å². The van der Waals surface area contributed by atoms with E-state index in [4.69, 9.17) is 9.25 Å². The maximum absolute atomic E-state index is 11.8. The predicted octanol–water partition coefficient (Wildman–Crippen LogP) is 2.55. The van der Waals surface area contributed by atoms with E-state index < -0.39 is 5.91 Å². The average Bonchev–Trinajstić information content (AvgIpc) is 2.90. The van der Waals surface area contributed by atoms with Gasteiger partial charge < -0.3 is 9.25 Å². The quantitative estimate of drug-likeness (QED) is 0.729. The Labute approximate surface area is 108 Å². The van der Waals surface area contributed by atoms with Crippen molar-refractivity contribution in [2.24, 2.45) is 0 Å². The molecule has 0 bridgehead atoms. The summed E-state index contributed by atoms with van der Waals surface area (Å²) in [7, 11) is 0. The summed E-state index contributed by atoms with van der Waals surface area (Å²) in [4.78, 5) is 20.9. The number of pyridine rings is 1. The van der Waals surface area contributed by atoms with Crippen molar-refractivity contribution in [1.82, 2.24) is 10.5 Å². The van der Waals surface area contributed by atoms with Gasteiger partial charge in [0, 0.05) is 17.8 Å². The third-order valence-electron chi connectivity index (χ3n) is 2.55. The fourth-order valence-electron chi connectivity index (χ4n) is 1.64. The van der Waals surface area contributed by atoms with Gasteiger partial charge in [0.15, 0.2) is 11.5 Å². The van der Waals surface area contributed by atoms with Crippen molar-refractivity contribution in [3.63, 3.8) is 0 Å². The third kappa shape index (κ3) is 2.40. The second-order valence-corrected chi connectivity index (χ2v) is 3.87. The number of aromatic nitrogens is 1. The molecule has 0 saturated carbocycles. The van der Waals surface area contributed by atoms with Crippen LogP contribution in [0.3, 0.4) is 0 Å². The van der Waals surface area contributed by atoms with Crippen LogP contribution in [0.4, 0.5) is 0 Å². The van der Waals surface area contributed by atoms with Gasteiger partial charge in [0.2, 0.25) is 0 Å². The third-order valence-corrected chi connectivity index (χ3v) is 2.55. The summed E-state index contributed by atoms with van der Waals surface area (Å²) >= 11 is 0. The Balaban J connectivity index is 1.73. The summed E-state index contributed by atoms with van der Waals surface area (Å²) in [5.74, 6) is 0.285. The average molecular weight is 254 g/mol. The summed E-state index contributed by atoms with van der Waals surface area (Å²) in [6.45, 7) is 0. The smallest absolute Gasteiger partial charge is 0.319 e. The van der Waals surface area contributed by atoms with Crippen molar-refractivity contribution in [1.29, 1.82) is 0 Å². The fraction of sp³-hybridized carbons (Fsp3) is 0. The number of nitrogens with one attached hydrogen (secondary N) is 1. The first kappa shape index (κ1) is 11.3. The highest BCUT2D eigenvalue weighted by Crippen LogP contribution is 2.17. The lowest BCUT2D eigenvalue weighted by Gasteiger charge is -2.04. The van der Waals surface area contributed by atoms with Gasteiger partial charge in [-0.3, -0.25) is 9.78 Å². The van der Waals surface area contributed by atoms with E-state index in [9.17, 15) is 4.79 Å². The van der Waals surface area contributed by atoms with Gasteiger partial charge in [-0.25, -0.2) is 0 Å². The molecule has 0 spiro atoms. The van der Waals surface area contributed by atoms with Crippen LogP contribution in [0.2, 0.25) is 0 Å². The highest BCUT2D eigenvalue weighted by molar-refractivity contribution is 5.95. The largest absolute Gasteiger partial charge is 0.451 e. The molecule has 0 aliphatic heterocycles. The van der Waals surface area contributed by atoms with E-state index in [0.29, 0.717) is 11.3 Å². The van der Waals surface area contributed by atoms with E-state index in [2.05, 4.69) is 10.5 Å². The van der Waals surface area contributed by atoms with Gasteiger partial charge >= 0.3 is 5.91 Å². The molecule has 3 aromatic rings. The molecule has 0 fully saturated rings. The molecule has 5 heteroatoms. The minimum Gasteiger partial charge on any atom is -0.451 e. The van der Waals surface area contributed by atoms with Gasteiger partial charge in [-0.05, 0) is 24.3 Å². The second kappa shape index (κ2) is 4.81. The SMILES string of the molecule is O=C(NOc1ccccc1)c1cc2cnccc2o1. The summed E-state index contributed by atoms with van der Waals surface area (Å²) in [5, 5.41) is 0.771. The zero-order valence-corrected chi connectivity index (χ0v) is 9.87. The van der Waals surface area contributed by atoms with Crippen LogP contribution < -0.4 is 10.3 Å². The minimum absolute atomic E-state index is 0.180. The molecule has 5 nitrogen and oxygen atoms in total. The van der Waals surface area contributed by atoms with Crippen molar-refractivity contribution < 1.29 is 14.0 Å². The first-order valence-corrected chi connectivity index (χ1v) is 5.69. The molecule has 0 aliphatic carbocycles. The maximum atomic E-state index is 11.8. The van der Waals surface area contributed by atoms with Crippen molar-refractivity contribution >= 4 is 16.9 Å². The van der Waals surface area contributed by atoms with E-state index in [1.807, 2.05) is 18.2 Å². The van der Waals surface area contributed by atoms with Gasteiger partial charge in [0.05, 0.1) is 0 Å². The number of carbonyl (C=O) groups excluding carboxylic acids is 1. The summed E-state index contributed by atoms with van der Waals surface area (Å²) in [5.41, 5.74) is 2.93. The first-order chi connectivity index (χ1) is 9.33. The van der Waals surface area contributed by atoms with Crippen LogP contribution in [0.15, 0.2) is 59.3 Å². The second-order valence-electron chi connectivity index (χ2n) is 3.87. The van der Waals surface area contributed by atoms with Crippen LogP contribution in [-0.2, 0) is 0 Å². The first-order valence-electron chi connectivity index (χ1n) is 5.69. The lowest BCUT2D eigenvalue weighted by atomic mass is 10.3. The van der Waals surface area contributed by atoms with Gasteiger partial charge in [0.25, 0.3) is 0 Å². The molecular weight excluding hydrogens is 244 g/mol. The number of nitrogens with zero attached hydrogens (tertiary/aromatic N) is 1. The number of fused-ring (bicyclic) bond motifs is 1. The number of rotatable bonds is 3. The maximum Gasteiger partial charge on any atom is 0.319 e. The minimum atomic E-state index is -0.444. The fourth-order valence-corrected chi connectivity index (χ4v) is 1.64. The van der Waals surface area contributed by atoms with Crippen LogP contribution >= 0.6 is 0 Å². The van der Waals surface area contributed by atoms with Crippen LogP contribution in [-0.4, -0.2) is 10.9 Å². The predicted molar refractivity (Wildman–Crippen MR) is 68.5 cm³/mol. The van der Waals surface area contributed by atoms with E-state index >= 15 is 0 Å². The van der Waals surface area contributed by atoms with E-state index in [-0.39, 0.29) is 5.76 Å². The van der Waals surface area contributed by atoms with Crippen LogP contribution in [0, 0.1) is 0 Å². The molecule has 1 N–H and O–H groups in total. The monoisotopic (exact) mass is 254 g/mol. The number of furan rings is 1. The molecule has 94 valence electrons. The zero-order valence-electron chi connectivity index (χ0n) is 9.87. The summed E-state index contributed by atoms with van der Waals surface area (Å²) < 4.78 is 5.39. The van der Waals surface area contributed by atoms with Gasteiger partial charge in [-0.2, -0.15) is 5.48 Å². The molecule has 0 unspecified atom stereocenters. The topological polar surface area (TPSA) is 64.4 Å². The molecule has 2 aromatic heterocycles. The summed E-state index contributed by atoms with van der Waals surface area (Å²) in [6.07, 6.45) is 3.24. The Morgan fingerprint density at radius 2 is 2.05 bits per heavy atom. The van der Waals surface area contributed by atoms with Crippen molar-refractivity contribution in [3.8, 4) is 5.75 Å². The molecule has 0 radical (unpaired) electrons. The molecule has 1 amide bonds. The van der Waals surface area contributed by atoms with Gasteiger partial charge in [-0.15, -0.1) is 0 Å². The Hall–Kier alpha value is -2.82. The lowest BCUT2D eigenvalue weighted by molar-refractivity contribution is 0.0732. The zero-order chi connectivity index (χ0) is 13.1. The molecule has 0 saturated heterocycles. The normalized spacial score (nSPS) is 10.3. The van der Waals surface area contributed by atoms with Crippen molar-refractivity contribution in [2.75, 3.05) is 0 Å². The van der Waals surface area contributed by atoms with Gasteiger partial charge in [-0.1, -0.05) is 18.2 Å². The highest BCUT2D eigenvalue weighted by Gasteiger charge is 2.12. The molecule has 2 heterocycles. The Kier molecular flexibility index (Phi) is 2.86. The van der Waals surface area contributed by atoms with E-state index in [0.717, 1.165) is 5.39 Å². The van der Waals surface area contributed by atoms with E-state index in [1.165, 1.54) is 0 Å². The molecular formula is C14H10N2O3. The Bertz CT molecular complexity index is 674. The van der Waals surface area contributed by atoms with Crippen LogP contribution in [0.25, 0.3) is 11.0 Å². The number of para-hydroxylation sites is 1. The number of hydrogen-bond donors (Lipinski definition) is 1. The Morgan fingerprint density at radius 3 is 2.84 bits per heavy atom. The summed E-state index contributed by atoms with van der Waals surface area (Å²) in [6, 6.07) is 12.3. The lowest BCUT2D eigenvalue weighted by Crippen LogP contribution is -2.26. The number of hydrogen-bond acceptors (Lipinski definition) is 4. The number of hydroxylamine groups is 1. The standard InChI is InChI=1S/C14H10N2O3/c17-14(16-19-11-4-2-1-3-5-11)13-8-10-9-15-7-6-12(10)18-13/h1-9H,(H,16,17). The molecule has 3 rings (SSSR count). The molecule has 19 heavy (non-hydrogen) atoms. The van der Waals surface area contributed by atoms with Crippen molar-refractivity contribution in [2.45, 2.75) is 0 Å². The number of carbonyl (C=O) groups is 1. The van der Waals surface area contributed by atoms with E-state index in [1.54, 1.807) is 36.7 Å². The van der Waals surface area contributed by atoms with Gasteiger partial charge in [0.1, 0.15) is 5.58 Å².